The predicted octanol–water partition coefficient (Wildman–Crippen LogP) is 1.87. The molecule has 0 spiro atoms. The summed E-state index contributed by atoms with van der Waals surface area (Å²) in [5.41, 5.74) is 2.66. The molecule has 0 amide bonds. The van der Waals surface area contributed by atoms with E-state index in [0.29, 0.717) is 13.1 Å². The number of anilines is 1. The van der Waals surface area contributed by atoms with E-state index in [1.807, 2.05) is 0 Å². The molecule has 1 aromatic heterocycles. The largest absolute Gasteiger partial charge is 0.292 e. The molecule has 2 rings (SSSR count). The maximum Gasteiger partial charge on any atom is 0.257 e. The lowest BCUT2D eigenvalue weighted by Gasteiger charge is -2.18. The van der Waals surface area contributed by atoms with Gasteiger partial charge in [-0.3, -0.25) is 5.43 Å². The van der Waals surface area contributed by atoms with Crippen molar-refractivity contribution in [1.82, 2.24) is 14.1 Å². The van der Waals surface area contributed by atoms with E-state index in [-0.39, 0.29) is 21.2 Å². The lowest BCUT2D eigenvalue weighted by atomic mass is 10.2. The molecule has 0 aliphatic heterocycles. The van der Waals surface area contributed by atoms with Crippen molar-refractivity contribution in [2.75, 3.05) is 18.5 Å². The number of rotatable bonds is 8. The summed E-state index contributed by atoms with van der Waals surface area (Å²) in [5, 5.41) is 0. The first-order valence-electron chi connectivity index (χ1n) is 8.12. The smallest absolute Gasteiger partial charge is 0.257 e. The zero-order valence-electron chi connectivity index (χ0n) is 15.1. The number of nitrogens with one attached hydrogen (secondary N) is 2. The maximum absolute atomic E-state index is 13.1. The van der Waals surface area contributed by atoms with Gasteiger partial charge in [0.1, 0.15) is 16.5 Å². The van der Waals surface area contributed by atoms with Crippen molar-refractivity contribution in [2.45, 2.75) is 30.6 Å². The topological polar surface area (TPSA) is 108 Å². The van der Waals surface area contributed by atoms with Gasteiger partial charge in [-0.05, 0) is 42.8 Å². The van der Waals surface area contributed by atoms with Crippen LogP contribution in [-0.4, -0.2) is 39.2 Å². The van der Waals surface area contributed by atoms with Gasteiger partial charge >= 0.3 is 0 Å². The maximum atomic E-state index is 13.1. The van der Waals surface area contributed by atoms with Crippen LogP contribution in [-0.2, 0) is 20.0 Å². The van der Waals surface area contributed by atoms with Gasteiger partial charge in [0, 0.05) is 19.3 Å². The Hall–Kier alpha value is -2.08. The average molecular weight is 417 g/mol. The van der Waals surface area contributed by atoms with E-state index in [9.17, 15) is 21.2 Å². The van der Waals surface area contributed by atoms with Crippen LogP contribution in [0.15, 0.2) is 46.3 Å². The highest BCUT2D eigenvalue weighted by molar-refractivity contribution is 7.89. The summed E-state index contributed by atoms with van der Waals surface area (Å²) < 4.78 is 63.8. The van der Waals surface area contributed by atoms with Gasteiger partial charge in [-0.15, -0.1) is 4.83 Å². The first-order valence-corrected chi connectivity index (χ1v) is 11.0. The van der Waals surface area contributed by atoms with Crippen LogP contribution in [0.2, 0.25) is 0 Å². The first kappa shape index (κ1) is 21.2. The number of hydrogen-bond acceptors (Lipinski definition) is 6. The minimum absolute atomic E-state index is 0.00832. The van der Waals surface area contributed by atoms with Crippen LogP contribution in [0.3, 0.4) is 0 Å². The van der Waals surface area contributed by atoms with Gasteiger partial charge in [0.25, 0.3) is 10.0 Å². The van der Waals surface area contributed by atoms with Gasteiger partial charge in [0.05, 0.1) is 4.90 Å². The van der Waals surface area contributed by atoms with Crippen LogP contribution in [0.25, 0.3) is 0 Å². The van der Waals surface area contributed by atoms with Crippen LogP contribution in [0.1, 0.15) is 19.4 Å². The van der Waals surface area contributed by atoms with Gasteiger partial charge in [0.15, 0.2) is 0 Å². The molecule has 0 radical (unpaired) electrons. The van der Waals surface area contributed by atoms with Crippen molar-refractivity contribution < 1.29 is 21.2 Å². The number of sulfonamides is 2. The van der Waals surface area contributed by atoms with Gasteiger partial charge in [-0.2, -0.15) is 4.31 Å². The van der Waals surface area contributed by atoms with Crippen LogP contribution >= 0.6 is 0 Å². The molecule has 8 nitrogen and oxygen atoms in total. The highest BCUT2D eigenvalue weighted by Gasteiger charge is 2.22. The molecule has 0 aliphatic carbocycles. The van der Waals surface area contributed by atoms with Crippen molar-refractivity contribution in [3.05, 3.63) is 47.9 Å². The molecule has 0 fully saturated rings. The van der Waals surface area contributed by atoms with E-state index in [1.54, 1.807) is 13.8 Å². The summed E-state index contributed by atoms with van der Waals surface area (Å²) in [4.78, 5) is 5.98. The van der Waals surface area contributed by atoms with E-state index >= 15 is 0 Å². The predicted molar refractivity (Wildman–Crippen MR) is 99.4 cm³/mol. The average Bonchev–Trinajstić information content (AvgIpc) is 2.61. The second kappa shape index (κ2) is 8.30. The third kappa shape index (κ3) is 4.80. The van der Waals surface area contributed by atoms with Gasteiger partial charge in [-0.1, -0.05) is 13.8 Å². The van der Waals surface area contributed by atoms with Gasteiger partial charge in [0.2, 0.25) is 10.0 Å². The Kier molecular flexibility index (Phi) is 6.52. The van der Waals surface area contributed by atoms with E-state index < -0.39 is 25.9 Å². The van der Waals surface area contributed by atoms with Gasteiger partial charge < -0.3 is 0 Å². The third-order valence-corrected chi connectivity index (χ3v) is 7.26. The minimum Gasteiger partial charge on any atom is -0.292 e. The summed E-state index contributed by atoms with van der Waals surface area (Å²) in [7, 11) is -7.61. The molecule has 11 heteroatoms. The third-order valence-electron chi connectivity index (χ3n) is 3.82. The zero-order valence-corrected chi connectivity index (χ0v) is 16.7. The normalized spacial score (nSPS) is 12.3. The molecular weight excluding hydrogens is 395 g/mol. The number of benzene rings is 1. The lowest BCUT2D eigenvalue weighted by Crippen LogP contribution is -2.31. The SMILES string of the molecule is CCN(CC)S(=O)(=O)c1ccc(NNS(=O)(=O)c2ccc(F)cc2C)nc1. The number of pyridine rings is 1. The number of aromatic nitrogens is 1. The van der Waals surface area contributed by atoms with Crippen LogP contribution in [0.5, 0.6) is 0 Å². The fourth-order valence-electron chi connectivity index (χ4n) is 2.41. The molecule has 0 saturated heterocycles. The van der Waals surface area contributed by atoms with E-state index in [1.165, 1.54) is 23.4 Å². The number of halogens is 1. The standard InChI is InChI=1S/C16H21FN4O4S2/c1-4-21(5-2)27(24,25)14-7-9-16(18-11-14)19-20-26(22,23)15-8-6-13(17)10-12(15)3/h6-11,20H,4-5H2,1-3H3,(H,18,19). The second-order valence-electron chi connectivity index (χ2n) is 5.61. The number of nitrogens with zero attached hydrogens (tertiary/aromatic N) is 2. The quantitative estimate of drug-likeness (QED) is 0.636. The van der Waals surface area contributed by atoms with E-state index in [2.05, 4.69) is 15.2 Å². The first-order chi connectivity index (χ1) is 12.6. The van der Waals surface area contributed by atoms with Crippen molar-refractivity contribution in [3.63, 3.8) is 0 Å². The second-order valence-corrected chi connectivity index (χ2v) is 9.20. The number of aryl methyl sites for hydroxylation is 1. The molecule has 27 heavy (non-hydrogen) atoms. The van der Waals surface area contributed by atoms with Crippen LogP contribution in [0.4, 0.5) is 10.2 Å². The monoisotopic (exact) mass is 416 g/mol. The van der Waals surface area contributed by atoms with Crippen LogP contribution in [0, 0.1) is 12.7 Å². The summed E-state index contributed by atoms with van der Waals surface area (Å²) >= 11 is 0. The molecule has 0 saturated carbocycles. The van der Waals surface area contributed by atoms with E-state index in [0.717, 1.165) is 24.4 Å². The number of hydrogen-bond donors (Lipinski definition) is 2. The Morgan fingerprint density at radius 1 is 1.07 bits per heavy atom. The Morgan fingerprint density at radius 2 is 1.74 bits per heavy atom. The molecule has 1 aromatic carbocycles. The molecule has 0 bridgehead atoms. The Morgan fingerprint density at radius 3 is 2.26 bits per heavy atom. The summed E-state index contributed by atoms with van der Waals surface area (Å²) in [6, 6.07) is 5.99. The minimum atomic E-state index is -3.96. The Labute approximate surface area is 158 Å². The van der Waals surface area contributed by atoms with Crippen LogP contribution < -0.4 is 10.3 Å². The molecule has 2 N–H and O–H groups in total. The molecule has 2 aromatic rings. The molecule has 0 aliphatic rings. The van der Waals surface area contributed by atoms with Crippen molar-refractivity contribution in [3.8, 4) is 0 Å². The number of hydrazine groups is 1. The Balaban J connectivity index is 2.15. The molecule has 1 heterocycles. The summed E-state index contributed by atoms with van der Waals surface area (Å²) in [6.07, 6.45) is 1.15. The fourth-order valence-corrected chi connectivity index (χ4v) is 4.89. The Bertz CT molecular complexity index is 1010. The van der Waals surface area contributed by atoms with Crippen molar-refractivity contribution in [2.24, 2.45) is 0 Å². The lowest BCUT2D eigenvalue weighted by molar-refractivity contribution is 0.445. The fraction of sp³-hybridized carbons (Fsp3) is 0.312. The summed E-state index contributed by atoms with van der Waals surface area (Å²) in [5.74, 6) is -0.428. The molecule has 0 atom stereocenters. The van der Waals surface area contributed by atoms with Crippen molar-refractivity contribution >= 4 is 25.9 Å². The molecule has 148 valence electrons. The van der Waals surface area contributed by atoms with Crippen molar-refractivity contribution in [1.29, 1.82) is 0 Å². The molecular formula is C16H21FN4O4S2. The van der Waals surface area contributed by atoms with Gasteiger partial charge in [-0.25, -0.2) is 26.2 Å². The van der Waals surface area contributed by atoms with E-state index in [4.69, 9.17) is 0 Å². The summed E-state index contributed by atoms with van der Waals surface area (Å²) in [6.45, 7) is 5.60. The highest BCUT2D eigenvalue weighted by atomic mass is 32.2. The highest BCUT2D eigenvalue weighted by Crippen LogP contribution is 2.18. The zero-order chi connectivity index (χ0) is 20.2. The molecule has 0 unspecified atom stereocenters.